The number of allylic oxidation sites excluding steroid dienone is 2. The molecule has 0 spiro atoms. The number of hydrogen-bond acceptors (Lipinski definition) is 4. The van der Waals surface area contributed by atoms with Gasteiger partial charge < -0.3 is 0 Å². The van der Waals surface area contributed by atoms with E-state index in [1.807, 2.05) is 0 Å². The van der Waals surface area contributed by atoms with Gasteiger partial charge in [0, 0.05) is 17.6 Å². The Bertz CT molecular complexity index is 378. The minimum absolute atomic E-state index is 0.196. The van der Waals surface area contributed by atoms with E-state index in [0.29, 0.717) is 12.8 Å². The molecule has 1 aliphatic carbocycles. The van der Waals surface area contributed by atoms with Crippen molar-refractivity contribution in [3.05, 3.63) is 11.0 Å². The van der Waals surface area contributed by atoms with E-state index in [4.69, 9.17) is 5.41 Å². The van der Waals surface area contributed by atoms with Gasteiger partial charge in [-0.3, -0.25) is 10.2 Å². The van der Waals surface area contributed by atoms with Crippen LogP contribution in [0.5, 0.6) is 0 Å². The van der Waals surface area contributed by atoms with Crippen LogP contribution in [0.2, 0.25) is 0 Å². The normalized spacial score (nSPS) is 19.6. The number of sulfone groups is 1. The van der Waals surface area contributed by atoms with E-state index < -0.39 is 9.84 Å². The van der Waals surface area contributed by atoms with E-state index in [0.717, 1.165) is 6.26 Å². The largest absolute Gasteiger partial charge is 0.297 e. The summed E-state index contributed by atoms with van der Waals surface area (Å²) in [6.07, 6.45) is 3.42. The highest BCUT2D eigenvalue weighted by atomic mass is 32.2. The van der Waals surface area contributed by atoms with Crippen LogP contribution < -0.4 is 0 Å². The summed E-state index contributed by atoms with van der Waals surface area (Å²) in [5.41, 5.74) is -0.196. The summed E-state index contributed by atoms with van der Waals surface area (Å²) >= 11 is 0. The average Bonchev–Trinajstić information content (AvgIpc) is 2.13. The van der Waals surface area contributed by atoms with Crippen molar-refractivity contribution in [1.29, 1.82) is 5.41 Å². The SMILES string of the molecule is CS(=O)(=O)C1=CC(=N)C(=O)CCC1. The first-order chi connectivity index (χ1) is 5.91. The maximum Gasteiger partial charge on any atom is 0.180 e. The molecule has 5 heteroatoms. The molecule has 0 aromatic carbocycles. The maximum atomic E-state index is 11.1. The summed E-state index contributed by atoms with van der Waals surface area (Å²) in [4.78, 5) is 11.2. The second-order valence-electron chi connectivity index (χ2n) is 3.07. The molecule has 0 aromatic rings. The highest BCUT2D eigenvalue weighted by molar-refractivity contribution is 7.94. The fourth-order valence-electron chi connectivity index (χ4n) is 1.16. The number of hydrogen-bond donors (Lipinski definition) is 1. The molecule has 0 saturated carbocycles. The van der Waals surface area contributed by atoms with Gasteiger partial charge in [-0.1, -0.05) is 0 Å². The monoisotopic (exact) mass is 201 g/mol. The summed E-state index contributed by atoms with van der Waals surface area (Å²) < 4.78 is 22.2. The van der Waals surface area contributed by atoms with E-state index in [1.54, 1.807) is 0 Å². The molecule has 4 nitrogen and oxygen atoms in total. The van der Waals surface area contributed by atoms with Crippen molar-refractivity contribution in [3.63, 3.8) is 0 Å². The van der Waals surface area contributed by atoms with Crippen molar-refractivity contribution >= 4 is 21.3 Å². The highest BCUT2D eigenvalue weighted by Crippen LogP contribution is 2.17. The zero-order valence-electron chi connectivity index (χ0n) is 7.33. The van der Waals surface area contributed by atoms with Gasteiger partial charge in [0.1, 0.15) is 0 Å². The number of ketones is 1. The van der Waals surface area contributed by atoms with Crippen molar-refractivity contribution in [3.8, 4) is 0 Å². The average molecular weight is 201 g/mol. The fraction of sp³-hybridized carbons (Fsp3) is 0.500. The van der Waals surface area contributed by atoms with Gasteiger partial charge in [-0.25, -0.2) is 8.42 Å². The summed E-state index contributed by atoms with van der Waals surface area (Å²) in [6.45, 7) is 0. The molecule has 0 amide bonds. The summed E-state index contributed by atoms with van der Waals surface area (Å²) in [6, 6.07) is 0. The van der Waals surface area contributed by atoms with E-state index in [-0.39, 0.29) is 22.8 Å². The first kappa shape index (κ1) is 10.1. The lowest BCUT2D eigenvalue weighted by Crippen LogP contribution is -2.08. The minimum atomic E-state index is -3.24. The van der Waals surface area contributed by atoms with Crippen LogP contribution in [0.15, 0.2) is 11.0 Å². The van der Waals surface area contributed by atoms with Crippen LogP contribution >= 0.6 is 0 Å². The van der Waals surface area contributed by atoms with Crippen LogP contribution in [0.25, 0.3) is 0 Å². The number of rotatable bonds is 1. The summed E-state index contributed by atoms with van der Waals surface area (Å²) in [5, 5.41) is 7.25. The Morgan fingerprint density at radius 3 is 2.54 bits per heavy atom. The zero-order valence-corrected chi connectivity index (χ0v) is 8.15. The molecule has 1 N–H and O–H groups in total. The second-order valence-corrected chi connectivity index (χ2v) is 5.14. The van der Waals surface area contributed by atoms with Gasteiger partial charge >= 0.3 is 0 Å². The lowest BCUT2D eigenvalue weighted by molar-refractivity contribution is -0.112. The molecule has 0 unspecified atom stereocenters. The van der Waals surface area contributed by atoms with E-state index >= 15 is 0 Å². The van der Waals surface area contributed by atoms with Crippen molar-refractivity contribution in [2.24, 2.45) is 0 Å². The van der Waals surface area contributed by atoms with Gasteiger partial charge in [0.2, 0.25) is 0 Å². The zero-order chi connectivity index (χ0) is 10.1. The number of carbonyl (C=O) groups excluding carboxylic acids is 1. The fourth-order valence-corrected chi connectivity index (χ4v) is 2.01. The predicted molar refractivity (Wildman–Crippen MR) is 49.5 cm³/mol. The summed E-state index contributed by atoms with van der Waals surface area (Å²) in [7, 11) is -3.24. The Morgan fingerprint density at radius 2 is 2.00 bits per heavy atom. The van der Waals surface area contributed by atoms with Crippen LogP contribution in [-0.4, -0.2) is 26.2 Å². The minimum Gasteiger partial charge on any atom is -0.297 e. The van der Waals surface area contributed by atoms with E-state index in [9.17, 15) is 13.2 Å². The molecule has 0 bridgehead atoms. The van der Waals surface area contributed by atoms with Crippen LogP contribution in [0, 0.1) is 5.41 Å². The molecule has 0 fully saturated rings. The van der Waals surface area contributed by atoms with Crippen LogP contribution in [-0.2, 0) is 14.6 Å². The Labute approximate surface area is 77.1 Å². The van der Waals surface area contributed by atoms with Gasteiger partial charge in [-0.15, -0.1) is 0 Å². The quantitative estimate of drug-likeness (QED) is 0.678. The Morgan fingerprint density at radius 1 is 1.38 bits per heavy atom. The molecule has 1 rings (SSSR count). The third kappa shape index (κ3) is 2.48. The number of carbonyl (C=O) groups is 1. The Hall–Kier alpha value is -0.970. The molecule has 1 aliphatic rings. The van der Waals surface area contributed by atoms with Gasteiger partial charge in [0.05, 0.1) is 5.71 Å². The molecule has 13 heavy (non-hydrogen) atoms. The molecule has 0 atom stereocenters. The molecule has 0 aromatic heterocycles. The van der Waals surface area contributed by atoms with Gasteiger partial charge in [-0.2, -0.15) is 0 Å². The third-order valence-electron chi connectivity index (χ3n) is 1.91. The van der Waals surface area contributed by atoms with E-state index in [2.05, 4.69) is 0 Å². The Balaban J connectivity index is 3.06. The second kappa shape index (κ2) is 3.41. The van der Waals surface area contributed by atoms with Gasteiger partial charge in [0.15, 0.2) is 15.6 Å². The van der Waals surface area contributed by atoms with Crippen LogP contribution in [0.4, 0.5) is 0 Å². The number of Topliss-reactive ketones (excluding diaryl/α,β-unsaturated/α-hetero) is 1. The van der Waals surface area contributed by atoms with Crippen molar-refractivity contribution in [2.45, 2.75) is 19.3 Å². The van der Waals surface area contributed by atoms with E-state index in [1.165, 1.54) is 6.08 Å². The van der Waals surface area contributed by atoms with Crippen molar-refractivity contribution in [1.82, 2.24) is 0 Å². The maximum absolute atomic E-state index is 11.1. The topological polar surface area (TPSA) is 75.1 Å². The van der Waals surface area contributed by atoms with Gasteiger partial charge in [0.25, 0.3) is 0 Å². The molecular formula is C8H11NO3S. The van der Waals surface area contributed by atoms with Crippen LogP contribution in [0.3, 0.4) is 0 Å². The first-order valence-corrected chi connectivity index (χ1v) is 5.83. The molecular weight excluding hydrogens is 190 g/mol. The lowest BCUT2D eigenvalue weighted by Gasteiger charge is -1.99. The van der Waals surface area contributed by atoms with Crippen LogP contribution in [0.1, 0.15) is 19.3 Å². The smallest absolute Gasteiger partial charge is 0.180 e. The van der Waals surface area contributed by atoms with Crippen molar-refractivity contribution < 1.29 is 13.2 Å². The molecule has 0 heterocycles. The molecule has 0 radical (unpaired) electrons. The Kier molecular flexibility index (Phi) is 2.66. The lowest BCUT2D eigenvalue weighted by atomic mass is 10.2. The molecule has 0 aliphatic heterocycles. The number of nitrogens with one attached hydrogen (secondary N) is 1. The highest BCUT2D eigenvalue weighted by Gasteiger charge is 2.19. The third-order valence-corrected chi connectivity index (χ3v) is 3.18. The molecule has 72 valence electrons. The summed E-state index contributed by atoms with van der Waals surface area (Å²) in [5.74, 6) is -0.279. The predicted octanol–water partition coefficient (Wildman–Crippen LogP) is 0.688. The van der Waals surface area contributed by atoms with Crippen molar-refractivity contribution in [2.75, 3.05) is 6.26 Å². The van der Waals surface area contributed by atoms with Gasteiger partial charge in [-0.05, 0) is 18.9 Å². The first-order valence-electron chi connectivity index (χ1n) is 3.93. The standard InChI is InChI=1S/C8H11NO3S/c1-13(11,12)6-3-2-4-8(10)7(9)5-6/h5,9H,2-4H2,1H3. The molecule has 0 saturated heterocycles.